The van der Waals surface area contributed by atoms with Gasteiger partial charge >= 0.3 is 0 Å². The molecule has 1 saturated heterocycles. The molecule has 1 aliphatic rings. The highest BCUT2D eigenvalue weighted by atomic mass is 35.5. The Balaban J connectivity index is 1.47. The highest BCUT2D eigenvalue weighted by molar-refractivity contribution is 6.32. The van der Waals surface area contributed by atoms with E-state index in [4.69, 9.17) is 16.3 Å². The Morgan fingerprint density at radius 1 is 1.20 bits per heavy atom. The molecular weight excluding hydrogens is 336 g/mol. The first kappa shape index (κ1) is 16.2. The number of H-pyrrole nitrogens is 1. The fraction of sp³-hybridized carbons (Fsp3) is 0.250. The molecule has 0 radical (unpaired) electrons. The van der Waals surface area contributed by atoms with E-state index in [2.05, 4.69) is 34.1 Å². The molecule has 25 heavy (non-hydrogen) atoms. The van der Waals surface area contributed by atoms with Gasteiger partial charge in [0.2, 0.25) is 0 Å². The minimum Gasteiger partial charge on any atom is -0.487 e. The van der Waals surface area contributed by atoms with Gasteiger partial charge in [-0.2, -0.15) is 0 Å². The molecule has 3 aromatic rings. The van der Waals surface area contributed by atoms with Crippen LogP contribution in [-0.4, -0.2) is 29.1 Å². The van der Waals surface area contributed by atoms with Crippen molar-refractivity contribution in [2.45, 2.75) is 19.1 Å². The van der Waals surface area contributed by atoms with Crippen molar-refractivity contribution >= 4 is 22.4 Å². The smallest absolute Gasteiger partial charge is 0.255 e. The number of likely N-dealkylation sites (tertiary alicyclic amines) is 1. The Bertz CT molecular complexity index is 939. The maximum Gasteiger partial charge on any atom is 0.255 e. The normalized spacial score (nSPS) is 17.9. The number of benzene rings is 2. The van der Waals surface area contributed by atoms with Gasteiger partial charge in [-0.1, -0.05) is 41.9 Å². The number of hydrogen-bond acceptors (Lipinski definition) is 3. The number of ether oxygens (including phenoxy) is 1. The Kier molecular flexibility index (Phi) is 4.47. The Morgan fingerprint density at radius 2 is 2.04 bits per heavy atom. The van der Waals surface area contributed by atoms with Gasteiger partial charge < -0.3 is 9.72 Å². The second-order valence-corrected chi connectivity index (χ2v) is 6.83. The van der Waals surface area contributed by atoms with Gasteiger partial charge in [-0.25, -0.2) is 0 Å². The van der Waals surface area contributed by atoms with Gasteiger partial charge in [0.05, 0.1) is 5.02 Å². The molecule has 0 amide bonds. The van der Waals surface area contributed by atoms with E-state index in [0.29, 0.717) is 16.2 Å². The van der Waals surface area contributed by atoms with Crippen LogP contribution in [0, 0.1) is 0 Å². The van der Waals surface area contributed by atoms with Crippen LogP contribution in [0.15, 0.2) is 59.5 Å². The van der Waals surface area contributed by atoms with Gasteiger partial charge in [-0.3, -0.25) is 9.69 Å². The molecule has 1 fully saturated rings. The van der Waals surface area contributed by atoms with Crippen molar-refractivity contribution in [1.29, 1.82) is 0 Å². The van der Waals surface area contributed by atoms with Gasteiger partial charge in [-0.15, -0.1) is 0 Å². The Morgan fingerprint density at radius 3 is 2.88 bits per heavy atom. The first-order chi connectivity index (χ1) is 12.2. The molecule has 1 aromatic heterocycles. The molecule has 2 aromatic carbocycles. The summed E-state index contributed by atoms with van der Waals surface area (Å²) in [7, 11) is 0. The number of halogens is 1. The van der Waals surface area contributed by atoms with E-state index in [1.807, 2.05) is 18.2 Å². The monoisotopic (exact) mass is 354 g/mol. The quantitative estimate of drug-likeness (QED) is 0.774. The molecule has 5 heteroatoms. The van der Waals surface area contributed by atoms with Crippen molar-refractivity contribution in [1.82, 2.24) is 9.88 Å². The largest absolute Gasteiger partial charge is 0.487 e. The molecule has 128 valence electrons. The summed E-state index contributed by atoms with van der Waals surface area (Å²) in [5.74, 6) is 0.645. The first-order valence-corrected chi connectivity index (χ1v) is 8.81. The third-order valence-corrected chi connectivity index (χ3v) is 4.89. The van der Waals surface area contributed by atoms with Crippen molar-refractivity contribution in [2.75, 3.05) is 13.1 Å². The standard InChI is InChI=1S/C20H19ClN2O2/c21-18-11-17-15(6-8-22-20(17)24)10-19(18)25-16-7-9-23(13-16)12-14-4-2-1-3-5-14/h1-6,8,10-11,16H,7,9,12-13H2,(H,22,24)/t16-/m0/s1. The minimum atomic E-state index is -0.138. The fourth-order valence-corrected chi connectivity index (χ4v) is 3.55. The number of aromatic nitrogens is 1. The molecule has 0 spiro atoms. The second-order valence-electron chi connectivity index (χ2n) is 6.43. The third kappa shape index (κ3) is 3.55. The maximum atomic E-state index is 11.8. The summed E-state index contributed by atoms with van der Waals surface area (Å²) in [6, 6.07) is 15.8. The fourth-order valence-electron chi connectivity index (χ4n) is 3.34. The number of pyridine rings is 1. The zero-order valence-electron chi connectivity index (χ0n) is 13.7. The lowest BCUT2D eigenvalue weighted by molar-refractivity contribution is 0.199. The molecule has 4 nitrogen and oxygen atoms in total. The van der Waals surface area contributed by atoms with Gasteiger partial charge in [0.15, 0.2) is 0 Å². The van der Waals surface area contributed by atoms with E-state index in [1.165, 1.54) is 5.56 Å². The van der Waals surface area contributed by atoms with Crippen LogP contribution in [0.1, 0.15) is 12.0 Å². The average Bonchev–Trinajstić information content (AvgIpc) is 3.04. The number of hydrogen-bond donors (Lipinski definition) is 1. The summed E-state index contributed by atoms with van der Waals surface area (Å²) in [5, 5.41) is 1.89. The van der Waals surface area contributed by atoms with Crippen LogP contribution in [0.4, 0.5) is 0 Å². The number of fused-ring (bicyclic) bond motifs is 1. The van der Waals surface area contributed by atoms with Crippen LogP contribution in [0.25, 0.3) is 10.8 Å². The zero-order chi connectivity index (χ0) is 17.2. The molecule has 1 atom stereocenters. The Hall–Kier alpha value is -2.30. The third-order valence-electron chi connectivity index (χ3n) is 4.60. The van der Waals surface area contributed by atoms with Crippen LogP contribution in [0.3, 0.4) is 0 Å². The van der Waals surface area contributed by atoms with Crippen LogP contribution in [-0.2, 0) is 6.54 Å². The van der Waals surface area contributed by atoms with Gasteiger partial charge in [0.1, 0.15) is 11.9 Å². The molecule has 0 bridgehead atoms. The van der Waals surface area contributed by atoms with Crippen molar-refractivity contribution < 1.29 is 4.74 Å². The molecular formula is C20H19ClN2O2. The lowest BCUT2D eigenvalue weighted by atomic mass is 10.1. The number of nitrogens with zero attached hydrogens (tertiary/aromatic N) is 1. The lowest BCUT2D eigenvalue weighted by Gasteiger charge is -2.18. The van der Waals surface area contributed by atoms with Crippen LogP contribution in [0.5, 0.6) is 5.75 Å². The number of rotatable bonds is 4. The highest BCUT2D eigenvalue weighted by Gasteiger charge is 2.24. The summed E-state index contributed by atoms with van der Waals surface area (Å²) in [4.78, 5) is 16.9. The summed E-state index contributed by atoms with van der Waals surface area (Å²) >= 11 is 6.33. The molecule has 1 aliphatic heterocycles. The Labute approximate surface area is 151 Å². The second kappa shape index (κ2) is 6.90. The SMILES string of the molecule is O=c1[nH]ccc2cc(O[C@H]3CCN(Cc4ccccc4)C3)c(Cl)cc12. The topological polar surface area (TPSA) is 45.3 Å². The predicted octanol–water partition coefficient (Wildman–Crippen LogP) is 3.83. The van der Waals surface area contributed by atoms with E-state index >= 15 is 0 Å². The van der Waals surface area contributed by atoms with Crippen molar-refractivity contribution in [3.63, 3.8) is 0 Å². The first-order valence-electron chi connectivity index (χ1n) is 8.43. The minimum absolute atomic E-state index is 0.112. The summed E-state index contributed by atoms with van der Waals surface area (Å²) in [6.07, 6.45) is 2.72. The van der Waals surface area contributed by atoms with E-state index in [0.717, 1.165) is 31.4 Å². The molecule has 1 N–H and O–H groups in total. The molecule has 0 aliphatic carbocycles. The van der Waals surface area contributed by atoms with Gasteiger partial charge in [0, 0.05) is 31.2 Å². The predicted molar refractivity (Wildman–Crippen MR) is 100 cm³/mol. The molecule has 0 unspecified atom stereocenters. The summed E-state index contributed by atoms with van der Waals surface area (Å²) in [6.45, 7) is 2.81. The van der Waals surface area contributed by atoms with Gasteiger partial charge in [0.25, 0.3) is 5.56 Å². The lowest BCUT2D eigenvalue weighted by Crippen LogP contribution is -2.24. The van der Waals surface area contributed by atoms with Crippen molar-refractivity contribution in [3.05, 3.63) is 75.7 Å². The molecule has 4 rings (SSSR count). The summed E-state index contributed by atoms with van der Waals surface area (Å²) in [5.41, 5.74) is 1.17. The van der Waals surface area contributed by atoms with Gasteiger partial charge in [-0.05, 0) is 35.6 Å². The van der Waals surface area contributed by atoms with E-state index in [9.17, 15) is 4.79 Å². The van der Waals surface area contributed by atoms with Crippen molar-refractivity contribution in [3.8, 4) is 5.75 Å². The number of aromatic amines is 1. The van der Waals surface area contributed by atoms with Crippen LogP contribution in [0.2, 0.25) is 5.02 Å². The average molecular weight is 355 g/mol. The van der Waals surface area contributed by atoms with E-state index in [1.54, 1.807) is 12.3 Å². The summed E-state index contributed by atoms with van der Waals surface area (Å²) < 4.78 is 6.14. The van der Waals surface area contributed by atoms with Crippen LogP contribution < -0.4 is 10.3 Å². The van der Waals surface area contributed by atoms with Crippen molar-refractivity contribution in [2.24, 2.45) is 0 Å². The molecule has 0 saturated carbocycles. The maximum absolute atomic E-state index is 11.8. The zero-order valence-corrected chi connectivity index (χ0v) is 14.5. The highest BCUT2D eigenvalue weighted by Crippen LogP contribution is 2.31. The van der Waals surface area contributed by atoms with E-state index in [-0.39, 0.29) is 11.7 Å². The van der Waals surface area contributed by atoms with E-state index < -0.39 is 0 Å². The number of nitrogens with one attached hydrogen (secondary N) is 1. The van der Waals surface area contributed by atoms with Crippen LogP contribution >= 0.6 is 11.6 Å². The molecule has 2 heterocycles.